The maximum atomic E-state index is 5.95. The Morgan fingerprint density at radius 2 is 1.24 bits per heavy atom. The second-order valence-electron chi connectivity index (χ2n) is 5.31. The lowest BCUT2D eigenvalue weighted by Crippen LogP contribution is -2.33. The summed E-state index contributed by atoms with van der Waals surface area (Å²) in [7, 11) is 0. The average Bonchev–Trinajstić information content (AvgIpc) is 2.49. The maximum absolute atomic E-state index is 5.95. The van der Waals surface area contributed by atoms with E-state index in [0.717, 1.165) is 35.9 Å². The van der Waals surface area contributed by atoms with Crippen LogP contribution in [-0.4, -0.2) is 12.6 Å². The van der Waals surface area contributed by atoms with Gasteiger partial charge >= 0.3 is 0 Å². The second-order valence-corrected chi connectivity index (χ2v) is 6.19. The van der Waals surface area contributed by atoms with Crippen molar-refractivity contribution >= 4 is 23.2 Å². The highest BCUT2D eigenvalue weighted by molar-refractivity contribution is 6.30. The summed E-state index contributed by atoms with van der Waals surface area (Å²) in [5, 5.41) is 5.20. The van der Waals surface area contributed by atoms with Gasteiger partial charge in [-0.3, -0.25) is 0 Å². The van der Waals surface area contributed by atoms with Crippen LogP contribution in [0.4, 0.5) is 0 Å². The SMILES string of the molecule is CCCNC(Cc1ccc(Cl)cc1)Cc1ccc(Cl)cc1. The summed E-state index contributed by atoms with van der Waals surface area (Å²) >= 11 is 11.9. The molecule has 3 heteroatoms. The minimum Gasteiger partial charge on any atom is -0.313 e. The van der Waals surface area contributed by atoms with E-state index in [1.807, 2.05) is 24.3 Å². The van der Waals surface area contributed by atoms with E-state index in [0.29, 0.717) is 6.04 Å². The van der Waals surface area contributed by atoms with Crippen LogP contribution in [0.5, 0.6) is 0 Å². The molecule has 2 aromatic rings. The van der Waals surface area contributed by atoms with Crippen molar-refractivity contribution in [2.24, 2.45) is 0 Å². The summed E-state index contributed by atoms with van der Waals surface area (Å²) in [5.74, 6) is 0. The Morgan fingerprint density at radius 3 is 1.62 bits per heavy atom. The standard InChI is InChI=1S/C18H21Cl2N/c1-2-11-21-18(12-14-3-7-16(19)8-4-14)13-15-5-9-17(20)10-6-15/h3-10,18,21H,2,11-13H2,1H3. The number of benzene rings is 2. The lowest BCUT2D eigenvalue weighted by molar-refractivity contribution is 0.505. The Morgan fingerprint density at radius 1 is 0.810 bits per heavy atom. The van der Waals surface area contributed by atoms with Crippen LogP contribution >= 0.6 is 23.2 Å². The van der Waals surface area contributed by atoms with Crippen molar-refractivity contribution in [3.8, 4) is 0 Å². The lowest BCUT2D eigenvalue weighted by atomic mass is 9.99. The minimum absolute atomic E-state index is 0.423. The zero-order chi connectivity index (χ0) is 15.1. The Balaban J connectivity index is 2.02. The van der Waals surface area contributed by atoms with Gasteiger partial charge in [0.15, 0.2) is 0 Å². The second kappa shape index (κ2) is 8.43. The van der Waals surface area contributed by atoms with Gasteiger partial charge in [0.1, 0.15) is 0 Å². The Bertz CT molecular complexity index is 487. The summed E-state index contributed by atoms with van der Waals surface area (Å²) in [6.45, 7) is 3.22. The molecule has 0 aliphatic rings. The molecule has 1 nitrogen and oxygen atoms in total. The molecule has 0 unspecified atom stereocenters. The van der Waals surface area contributed by atoms with Gasteiger partial charge in [-0.25, -0.2) is 0 Å². The molecule has 0 amide bonds. The van der Waals surface area contributed by atoms with E-state index in [4.69, 9.17) is 23.2 Å². The molecule has 0 aliphatic heterocycles. The Labute approximate surface area is 137 Å². The van der Waals surface area contributed by atoms with Crippen molar-refractivity contribution in [1.82, 2.24) is 5.32 Å². The molecule has 0 saturated carbocycles. The first-order chi connectivity index (χ1) is 10.2. The molecule has 0 aliphatic carbocycles. The first-order valence-corrected chi connectivity index (χ1v) is 8.15. The first-order valence-electron chi connectivity index (χ1n) is 7.39. The molecule has 2 rings (SSSR count). The van der Waals surface area contributed by atoms with E-state index < -0.39 is 0 Å². The van der Waals surface area contributed by atoms with E-state index in [1.54, 1.807) is 0 Å². The van der Waals surface area contributed by atoms with E-state index in [2.05, 4.69) is 36.5 Å². The van der Waals surface area contributed by atoms with Crippen LogP contribution in [0.25, 0.3) is 0 Å². The smallest absolute Gasteiger partial charge is 0.0406 e. The van der Waals surface area contributed by atoms with Crippen LogP contribution in [-0.2, 0) is 12.8 Å². The lowest BCUT2D eigenvalue weighted by Gasteiger charge is -2.19. The van der Waals surface area contributed by atoms with E-state index in [-0.39, 0.29) is 0 Å². The number of rotatable bonds is 7. The molecular formula is C18H21Cl2N. The largest absolute Gasteiger partial charge is 0.313 e. The summed E-state index contributed by atoms with van der Waals surface area (Å²) in [4.78, 5) is 0. The first kappa shape index (κ1) is 16.4. The molecular weight excluding hydrogens is 301 g/mol. The van der Waals surface area contributed by atoms with Gasteiger partial charge in [-0.05, 0) is 61.2 Å². The Kier molecular flexibility index (Phi) is 6.56. The summed E-state index contributed by atoms with van der Waals surface area (Å²) in [5.41, 5.74) is 2.61. The van der Waals surface area contributed by atoms with Gasteiger partial charge in [0, 0.05) is 16.1 Å². The average molecular weight is 322 g/mol. The van der Waals surface area contributed by atoms with Crippen LogP contribution in [0.1, 0.15) is 24.5 Å². The van der Waals surface area contributed by atoms with Gasteiger partial charge < -0.3 is 5.32 Å². The molecule has 0 heterocycles. The van der Waals surface area contributed by atoms with E-state index >= 15 is 0 Å². The van der Waals surface area contributed by atoms with Crippen LogP contribution < -0.4 is 5.32 Å². The van der Waals surface area contributed by atoms with Gasteiger partial charge in [0.05, 0.1) is 0 Å². The van der Waals surface area contributed by atoms with Crippen molar-refractivity contribution in [3.63, 3.8) is 0 Å². The molecule has 112 valence electrons. The highest BCUT2D eigenvalue weighted by Crippen LogP contribution is 2.15. The van der Waals surface area contributed by atoms with Crippen molar-refractivity contribution in [1.29, 1.82) is 0 Å². The number of hydrogen-bond donors (Lipinski definition) is 1. The van der Waals surface area contributed by atoms with Crippen molar-refractivity contribution in [2.75, 3.05) is 6.54 Å². The number of hydrogen-bond acceptors (Lipinski definition) is 1. The molecule has 0 saturated heterocycles. The third kappa shape index (κ3) is 5.70. The quantitative estimate of drug-likeness (QED) is 0.743. The molecule has 21 heavy (non-hydrogen) atoms. The van der Waals surface area contributed by atoms with Crippen molar-refractivity contribution in [2.45, 2.75) is 32.2 Å². The summed E-state index contributed by atoms with van der Waals surface area (Å²) in [6, 6.07) is 16.6. The van der Waals surface area contributed by atoms with E-state index in [1.165, 1.54) is 11.1 Å². The van der Waals surface area contributed by atoms with Gasteiger partial charge in [-0.1, -0.05) is 54.4 Å². The molecule has 1 N–H and O–H groups in total. The molecule has 0 bridgehead atoms. The molecule has 0 spiro atoms. The summed E-state index contributed by atoms with van der Waals surface area (Å²) in [6.07, 6.45) is 3.14. The summed E-state index contributed by atoms with van der Waals surface area (Å²) < 4.78 is 0. The Hall–Kier alpha value is -1.02. The van der Waals surface area contributed by atoms with Crippen LogP contribution in [0.2, 0.25) is 10.0 Å². The monoisotopic (exact) mass is 321 g/mol. The molecule has 0 fully saturated rings. The molecule has 0 radical (unpaired) electrons. The van der Waals surface area contributed by atoms with Crippen LogP contribution in [0, 0.1) is 0 Å². The maximum Gasteiger partial charge on any atom is 0.0406 e. The van der Waals surface area contributed by atoms with Gasteiger partial charge in [0.25, 0.3) is 0 Å². The third-order valence-electron chi connectivity index (χ3n) is 3.47. The van der Waals surface area contributed by atoms with Crippen LogP contribution in [0.15, 0.2) is 48.5 Å². The predicted octanol–water partition coefficient (Wildman–Crippen LogP) is 5.15. The van der Waals surface area contributed by atoms with Gasteiger partial charge in [-0.2, -0.15) is 0 Å². The molecule has 2 aromatic carbocycles. The number of nitrogens with one attached hydrogen (secondary N) is 1. The van der Waals surface area contributed by atoms with Gasteiger partial charge in [0.2, 0.25) is 0 Å². The number of halogens is 2. The fourth-order valence-electron chi connectivity index (χ4n) is 2.37. The van der Waals surface area contributed by atoms with Crippen LogP contribution in [0.3, 0.4) is 0 Å². The third-order valence-corrected chi connectivity index (χ3v) is 3.98. The highest BCUT2D eigenvalue weighted by atomic mass is 35.5. The normalized spacial score (nSPS) is 11.0. The zero-order valence-corrected chi connectivity index (χ0v) is 13.8. The topological polar surface area (TPSA) is 12.0 Å². The fraction of sp³-hybridized carbons (Fsp3) is 0.333. The predicted molar refractivity (Wildman–Crippen MR) is 92.4 cm³/mol. The van der Waals surface area contributed by atoms with Crippen molar-refractivity contribution in [3.05, 3.63) is 69.7 Å². The molecule has 0 atom stereocenters. The minimum atomic E-state index is 0.423. The van der Waals surface area contributed by atoms with Gasteiger partial charge in [-0.15, -0.1) is 0 Å². The highest BCUT2D eigenvalue weighted by Gasteiger charge is 2.10. The molecule has 0 aromatic heterocycles. The van der Waals surface area contributed by atoms with E-state index in [9.17, 15) is 0 Å². The fourth-order valence-corrected chi connectivity index (χ4v) is 2.63. The van der Waals surface area contributed by atoms with Crippen molar-refractivity contribution < 1.29 is 0 Å². The zero-order valence-electron chi connectivity index (χ0n) is 12.3.